The molecule has 152 valence electrons. The molecule has 0 aliphatic carbocycles. The van der Waals surface area contributed by atoms with Crippen LogP contribution in [0, 0.1) is 13.8 Å². The minimum absolute atomic E-state index is 0.00411. The molecule has 0 fully saturated rings. The number of ether oxygens (including phenoxy) is 2. The van der Waals surface area contributed by atoms with Gasteiger partial charge in [-0.2, -0.15) is 0 Å². The molecule has 1 aromatic heterocycles. The first-order valence-corrected chi connectivity index (χ1v) is 10.6. The number of aromatic nitrogens is 2. The average Bonchev–Trinajstić information content (AvgIpc) is 2.64. The van der Waals surface area contributed by atoms with E-state index in [-0.39, 0.29) is 11.7 Å². The van der Waals surface area contributed by atoms with Gasteiger partial charge in [0.15, 0.2) is 16.7 Å². The van der Waals surface area contributed by atoms with Gasteiger partial charge in [0.2, 0.25) is 5.91 Å². The number of nitrogens with zero attached hydrogens (tertiary/aromatic N) is 3. The number of hydrogen-bond donors (Lipinski definition) is 0. The minimum atomic E-state index is -0.456. The highest BCUT2D eigenvalue weighted by atomic mass is 32.2. The van der Waals surface area contributed by atoms with Crippen molar-refractivity contribution in [1.82, 2.24) is 9.97 Å². The Bertz CT molecular complexity index is 996. The van der Waals surface area contributed by atoms with Crippen molar-refractivity contribution in [2.75, 3.05) is 23.9 Å². The molecule has 7 heteroatoms. The highest BCUT2D eigenvalue weighted by Gasteiger charge is 2.37. The SMILES string of the molecule is CC1=CC(C)(C)N(C(=O)CSc2nc(C)cc(C)n2)c2cc3c(cc21)OCCO3. The quantitative estimate of drug-likeness (QED) is 0.558. The van der Waals surface area contributed by atoms with Crippen LogP contribution < -0.4 is 14.4 Å². The number of aryl methyl sites for hydroxylation is 2. The molecule has 3 heterocycles. The number of benzene rings is 1. The van der Waals surface area contributed by atoms with Gasteiger partial charge in [0.05, 0.1) is 17.0 Å². The third kappa shape index (κ3) is 3.83. The second kappa shape index (κ2) is 7.37. The first kappa shape index (κ1) is 19.8. The van der Waals surface area contributed by atoms with E-state index >= 15 is 0 Å². The Labute approximate surface area is 175 Å². The van der Waals surface area contributed by atoms with E-state index < -0.39 is 5.54 Å². The van der Waals surface area contributed by atoms with Crippen LogP contribution >= 0.6 is 11.8 Å². The number of carbonyl (C=O) groups is 1. The van der Waals surface area contributed by atoms with Crippen molar-refractivity contribution < 1.29 is 14.3 Å². The molecule has 4 rings (SSSR count). The van der Waals surface area contributed by atoms with Crippen molar-refractivity contribution in [2.45, 2.75) is 45.3 Å². The van der Waals surface area contributed by atoms with Crippen LogP contribution in [0.25, 0.3) is 5.57 Å². The molecular weight excluding hydrogens is 386 g/mol. The fourth-order valence-corrected chi connectivity index (χ4v) is 4.76. The molecule has 0 saturated heterocycles. The molecule has 1 amide bonds. The standard InChI is InChI=1S/C22H25N3O3S/c1-13-11-22(4,5)25(17-10-19-18(9-16(13)17)27-6-7-28-19)20(26)12-29-21-23-14(2)8-15(3)24-21/h8-11H,6-7,12H2,1-5H3. The number of hydrogen-bond acceptors (Lipinski definition) is 6. The summed E-state index contributed by atoms with van der Waals surface area (Å²) in [5.41, 5.74) is 4.32. The smallest absolute Gasteiger partial charge is 0.238 e. The molecule has 1 aromatic carbocycles. The van der Waals surface area contributed by atoms with Gasteiger partial charge in [-0.1, -0.05) is 17.8 Å². The summed E-state index contributed by atoms with van der Waals surface area (Å²) in [6.45, 7) is 11.1. The lowest BCUT2D eigenvalue weighted by molar-refractivity contribution is -0.116. The summed E-state index contributed by atoms with van der Waals surface area (Å²) in [4.78, 5) is 24.1. The topological polar surface area (TPSA) is 64.6 Å². The van der Waals surface area contributed by atoms with Gasteiger partial charge in [-0.25, -0.2) is 9.97 Å². The molecule has 0 N–H and O–H groups in total. The zero-order valence-electron chi connectivity index (χ0n) is 17.4. The zero-order chi connectivity index (χ0) is 20.8. The number of thioether (sulfide) groups is 1. The van der Waals surface area contributed by atoms with Crippen LogP contribution in [0.15, 0.2) is 29.4 Å². The van der Waals surface area contributed by atoms with Gasteiger partial charge in [0, 0.05) is 23.0 Å². The summed E-state index contributed by atoms with van der Waals surface area (Å²) >= 11 is 1.37. The Balaban J connectivity index is 1.66. The summed E-state index contributed by atoms with van der Waals surface area (Å²) in [6.07, 6.45) is 2.13. The van der Waals surface area contributed by atoms with Crippen molar-refractivity contribution in [3.05, 3.63) is 41.2 Å². The molecule has 2 aromatic rings. The normalized spacial score (nSPS) is 16.9. The van der Waals surface area contributed by atoms with E-state index in [0.29, 0.717) is 24.1 Å². The van der Waals surface area contributed by atoms with Crippen LogP contribution in [-0.4, -0.2) is 40.4 Å². The monoisotopic (exact) mass is 411 g/mol. The van der Waals surface area contributed by atoms with Crippen LogP contribution in [-0.2, 0) is 4.79 Å². The maximum atomic E-state index is 13.3. The van der Waals surface area contributed by atoms with Crippen LogP contribution in [0.3, 0.4) is 0 Å². The van der Waals surface area contributed by atoms with E-state index in [4.69, 9.17) is 9.47 Å². The van der Waals surface area contributed by atoms with E-state index in [1.807, 2.05) is 50.8 Å². The Morgan fingerprint density at radius 1 is 1.07 bits per heavy atom. The number of carbonyl (C=O) groups excluding carboxylic acids is 1. The van der Waals surface area contributed by atoms with E-state index in [9.17, 15) is 4.79 Å². The molecule has 0 bridgehead atoms. The summed E-state index contributed by atoms with van der Waals surface area (Å²) in [5, 5.41) is 0.625. The molecule has 0 unspecified atom stereocenters. The predicted octanol–water partition coefficient (Wildman–Crippen LogP) is 4.19. The molecule has 6 nitrogen and oxygen atoms in total. The Kier molecular flexibility index (Phi) is 5.02. The lowest BCUT2D eigenvalue weighted by atomic mass is 9.88. The van der Waals surface area contributed by atoms with Gasteiger partial charge < -0.3 is 14.4 Å². The largest absolute Gasteiger partial charge is 0.486 e. The fourth-order valence-electron chi connectivity index (χ4n) is 3.97. The Hall–Kier alpha value is -2.54. The summed E-state index contributed by atoms with van der Waals surface area (Å²) in [5.74, 6) is 1.67. The van der Waals surface area contributed by atoms with Gasteiger partial charge in [0.25, 0.3) is 0 Å². The number of anilines is 1. The van der Waals surface area contributed by atoms with Gasteiger partial charge in [-0.15, -0.1) is 0 Å². The van der Waals surface area contributed by atoms with Crippen molar-refractivity contribution in [3.63, 3.8) is 0 Å². The second-order valence-electron chi connectivity index (χ2n) is 7.95. The van der Waals surface area contributed by atoms with Gasteiger partial charge in [-0.05, 0) is 52.3 Å². The highest BCUT2D eigenvalue weighted by Crippen LogP contribution is 2.45. The number of allylic oxidation sites excluding steroid dienone is 1. The summed E-state index contributed by atoms with van der Waals surface area (Å²) in [7, 11) is 0. The number of fused-ring (bicyclic) bond motifs is 2. The third-order valence-corrected chi connectivity index (χ3v) is 5.84. The van der Waals surface area contributed by atoms with E-state index in [2.05, 4.69) is 23.0 Å². The lowest BCUT2D eigenvalue weighted by Gasteiger charge is -2.42. The van der Waals surface area contributed by atoms with Crippen LogP contribution in [0.4, 0.5) is 5.69 Å². The molecule has 0 saturated carbocycles. The van der Waals surface area contributed by atoms with Gasteiger partial charge in [0.1, 0.15) is 13.2 Å². The predicted molar refractivity (Wildman–Crippen MR) is 115 cm³/mol. The average molecular weight is 412 g/mol. The number of amides is 1. The Morgan fingerprint density at radius 3 is 2.34 bits per heavy atom. The van der Waals surface area contributed by atoms with E-state index in [1.165, 1.54) is 11.8 Å². The molecule has 2 aliphatic rings. The van der Waals surface area contributed by atoms with Crippen molar-refractivity contribution in [2.24, 2.45) is 0 Å². The molecule has 29 heavy (non-hydrogen) atoms. The van der Waals surface area contributed by atoms with E-state index in [1.54, 1.807) is 0 Å². The molecule has 0 spiro atoms. The molecule has 0 radical (unpaired) electrons. The summed E-state index contributed by atoms with van der Waals surface area (Å²) in [6, 6.07) is 5.83. The maximum absolute atomic E-state index is 13.3. The van der Waals surface area contributed by atoms with Crippen molar-refractivity contribution >= 4 is 28.9 Å². The third-order valence-electron chi connectivity index (χ3n) is 5.01. The molecular formula is C22H25N3O3S. The Morgan fingerprint density at radius 2 is 1.69 bits per heavy atom. The summed E-state index contributed by atoms with van der Waals surface area (Å²) < 4.78 is 11.5. The van der Waals surface area contributed by atoms with Crippen molar-refractivity contribution in [3.8, 4) is 11.5 Å². The van der Waals surface area contributed by atoms with Gasteiger partial charge in [-0.3, -0.25) is 4.79 Å². The lowest BCUT2D eigenvalue weighted by Crippen LogP contribution is -2.49. The van der Waals surface area contributed by atoms with Gasteiger partial charge >= 0.3 is 0 Å². The molecule has 0 atom stereocenters. The van der Waals surface area contributed by atoms with Crippen LogP contribution in [0.2, 0.25) is 0 Å². The second-order valence-corrected chi connectivity index (χ2v) is 8.89. The van der Waals surface area contributed by atoms with Crippen LogP contribution in [0.5, 0.6) is 11.5 Å². The van der Waals surface area contributed by atoms with Crippen LogP contribution in [0.1, 0.15) is 37.7 Å². The first-order chi connectivity index (χ1) is 13.7. The maximum Gasteiger partial charge on any atom is 0.238 e. The van der Waals surface area contributed by atoms with Crippen molar-refractivity contribution in [1.29, 1.82) is 0 Å². The number of rotatable bonds is 3. The molecule has 2 aliphatic heterocycles. The highest BCUT2D eigenvalue weighted by molar-refractivity contribution is 7.99. The zero-order valence-corrected chi connectivity index (χ0v) is 18.2. The van der Waals surface area contributed by atoms with E-state index in [0.717, 1.165) is 34.0 Å². The fraction of sp³-hybridized carbons (Fsp3) is 0.409. The minimum Gasteiger partial charge on any atom is -0.486 e. The first-order valence-electron chi connectivity index (χ1n) is 9.66.